The number of halogens is 1. The smallest absolute Gasteiger partial charge is 0.0100 e. The summed E-state index contributed by atoms with van der Waals surface area (Å²) in [5.74, 6) is 0. The van der Waals surface area contributed by atoms with Crippen molar-refractivity contribution in [1.82, 2.24) is 9.80 Å². The molecule has 0 spiro atoms. The van der Waals surface area contributed by atoms with Crippen LogP contribution >= 0.6 is 15.9 Å². The highest BCUT2D eigenvalue weighted by molar-refractivity contribution is 9.09. The van der Waals surface area contributed by atoms with Crippen LogP contribution in [0.1, 0.15) is 46.5 Å². The van der Waals surface area contributed by atoms with Gasteiger partial charge in [-0.05, 0) is 57.4 Å². The molecule has 0 aromatic carbocycles. The second-order valence-electron chi connectivity index (χ2n) is 5.74. The lowest BCUT2D eigenvalue weighted by Crippen LogP contribution is -2.44. The average Bonchev–Trinajstić information content (AvgIpc) is 2.36. The van der Waals surface area contributed by atoms with Crippen LogP contribution in [0.15, 0.2) is 0 Å². The highest BCUT2D eigenvalue weighted by Gasteiger charge is 2.36. The second-order valence-corrected chi connectivity index (χ2v) is 6.30. The Kier molecular flexibility index (Phi) is 7.81. The minimum Gasteiger partial charge on any atom is -0.304 e. The van der Waals surface area contributed by atoms with E-state index in [1.807, 2.05) is 0 Å². The summed E-state index contributed by atoms with van der Waals surface area (Å²) in [7, 11) is 0. The van der Waals surface area contributed by atoms with Gasteiger partial charge in [0, 0.05) is 11.9 Å². The van der Waals surface area contributed by atoms with Gasteiger partial charge in [-0.2, -0.15) is 0 Å². The van der Waals surface area contributed by atoms with Crippen molar-refractivity contribution < 1.29 is 0 Å². The van der Waals surface area contributed by atoms with Crippen LogP contribution in [0.2, 0.25) is 0 Å². The van der Waals surface area contributed by atoms with Gasteiger partial charge in [-0.1, -0.05) is 43.1 Å². The maximum absolute atomic E-state index is 3.72. The summed E-state index contributed by atoms with van der Waals surface area (Å²) in [5.41, 5.74) is 0.602. The molecular weight excluding hydrogens is 288 g/mol. The fourth-order valence-corrected chi connectivity index (χ4v) is 3.63. The van der Waals surface area contributed by atoms with Crippen molar-refractivity contribution in [3.8, 4) is 0 Å². The predicted octanol–water partition coefficient (Wildman–Crippen LogP) is 3.61. The van der Waals surface area contributed by atoms with Gasteiger partial charge in [-0.15, -0.1) is 0 Å². The van der Waals surface area contributed by atoms with Crippen molar-refractivity contribution >= 4 is 15.9 Å². The molecule has 1 aliphatic rings. The summed E-state index contributed by atoms with van der Waals surface area (Å²) in [6.07, 6.45) is 5.59. The molecule has 3 heteroatoms. The van der Waals surface area contributed by atoms with E-state index in [1.54, 1.807) is 0 Å². The molecule has 0 bridgehead atoms. The zero-order valence-electron chi connectivity index (χ0n) is 12.6. The molecule has 18 heavy (non-hydrogen) atoms. The Morgan fingerprint density at radius 3 is 1.89 bits per heavy atom. The van der Waals surface area contributed by atoms with Crippen molar-refractivity contribution in [2.24, 2.45) is 5.41 Å². The van der Waals surface area contributed by atoms with Gasteiger partial charge in [0.1, 0.15) is 0 Å². The molecule has 0 aliphatic heterocycles. The molecule has 1 aliphatic carbocycles. The summed E-state index contributed by atoms with van der Waals surface area (Å²) in [6.45, 7) is 14.2. The topological polar surface area (TPSA) is 6.48 Å². The third-order valence-corrected chi connectivity index (χ3v) is 5.74. The molecule has 0 atom stereocenters. The third kappa shape index (κ3) is 4.82. The van der Waals surface area contributed by atoms with Gasteiger partial charge >= 0.3 is 0 Å². The molecule has 2 nitrogen and oxygen atoms in total. The van der Waals surface area contributed by atoms with E-state index in [2.05, 4.69) is 46.5 Å². The standard InChI is InChI=1S/C15H31BrN2/c1-4-17(5-2)11-8-12-18(6-3)14-15(13-16)9-7-10-15/h4-14H2,1-3H3. The monoisotopic (exact) mass is 318 g/mol. The quantitative estimate of drug-likeness (QED) is 0.568. The first-order valence-corrected chi connectivity index (χ1v) is 8.82. The SMILES string of the molecule is CCN(CC)CCCN(CC)CC1(CBr)CCC1. The molecule has 0 heterocycles. The van der Waals surface area contributed by atoms with Gasteiger partial charge in [0.15, 0.2) is 0 Å². The van der Waals surface area contributed by atoms with E-state index in [4.69, 9.17) is 0 Å². The van der Waals surface area contributed by atoms with Crippen LogP contribution in [-0.4, -0.2) is 54.4 Å². The molecule has 1 saturated carbocycles. The number of nitrogens with zero attached hydrogens (tertiary/aromatic N) is 2. The lowest BCUT2D eigenvalue weighted by atomic mass is 9.70. The van der Waals surface area contributed by atoms with Crippen LogP contribution in [-0.2, 0) is 0 Å². The van der Waals surface area contributed by atoms with Crippen molar-refractivity contribution in [2.75, 3.05) is 44.6 Å². The van der Waals surface area contributed by atoms with E-state index in [0.29, 0.717) is 5.41 Å². The predicted molar refractivity (Wildman–Crippen MR) is 84.6 cm³/mol. The number of alkyl halides is 1. The van der Waals surface area contributed by atoms with Crippen molar-refractivity contribution in [2.45, 2.75) is 46.5 Å². The van der Waals surface area contributed by atoms with Crippen molar-refractivity contribution in [3.05, 3.63) is 0 Å². The highest BCUT2D eigenvalue weighted by Crippen LogP contribution is 2.42. The molecular formula is C15H31BrN2. The third-order valence-electron chi connectivity index (χ3n) is 4.55. The summed E-state index contributed by atoms with van der Waals surface area (Å²) < 4.78 is 0. The lowest BCUT2D eigenvalue weighted by Gasteiger charge is -2.44. The Morgan fingerprint density at radius 1 is 0.944 bits per heavy atom. The molecule has 1 fully saturated rings. The molecule has 0 saturated heterocycles. The highest BCUT2D eigenvalue weighted by atomic mass is 79.9. The number of rotatable bonds is 10. The minimum absolute atomic E-state index is 0.602. The summed E-state index contributed by atoms with van der Waals surface area (Å²) >= 11 is 3.72. The van der Waals surface area contributed by atoms with Crippen LogP contribution in [0.5, 0.6) is 0 Å². The van der Waals surface area contributed by atoms with Crippen LogP contribution in [0.25, 0.3) is 0 Å². The molecule has 108 valence electrons. The van der Waals surface area contributed by atoms with Gasteiger partial charge in [-0.25, -0.2) is 0 Å². The van der Waals surface area contributed by atoms with E-state index in [9.17, 15) is 0 Å². The van der Waals surface area contributed by atoms with Crippen molar-refractivity contribution in [1.29, 1.82) is 0 Å². The minimum atomic E-state index is 0.602. The van der Waals surface area contributed by atoms with Crippen LogP contribution in [0.3, 0.4) is 0 Å². The summed E-state index contributed by atoms with van der Waals surface area (Å²) in [5, 5.41) is 1.19. The van der Waals surface area contributed by atoms with Gasteiger partial charge in [0.05, 0.1) is 0 Å². The van der Waals surface area contributed by atoms with Crippen molar-refractivity contribution in [3.63, 3.8) is 0 Å². The second kappa shape index (κ2) is 8.55. The maximum atomic E-state index is 3.72. The Labute approximate surface area is 122 Å². The van der Waals surface area contributed by atoms with Crippen LogP contribution < -0.4 is 0 Å². The molecule has 0 unspecified atom stereocenters. The zero-order chi connectivity index (χ0) is 13.4. The molecule has 0 radical (unpaired) electrons. The molecule has 0 aromatic heterocycles. The lowest BCUT2D eigenvalue weighted by molar-refractivity contribution is 0.0913. The van der Waals surface area contributed by atoms with Gasteiger partial charge < -0.3 is 9.80 Å². The van der Waals surface area contributed by atoms with Gasteiger partial charge in [-0.3, -0.25) is 0 Å². The Bertz CT molecular complexity index is 207. The Hall–Kier alpha value is 0.400. The first kappa shape index (κ1) is 16.5. The number of hydrogen-bond donors (Lipinski definition) is 0. The zero-order valence-corrected chi connectivity index (χ0v) is 14.1. The Morgan fingerprint density at radius 2 is 1.50 bits per heavy atom. The molecule has 0 aromatic rings. The largest absolute Gasteiger partial charge is 0.304 e. The van der Waals surface area contributed by atoms with E-state index < -0.39 is 0 Å². The first-order valence-electron chi connectivity index (χ1n) is 7.70. The van der Waals surface area contributed by atoms with E-state index in [-0.39, 0.29) is 0 Å². The Balaban J connectivity index is 2.25. The fourth-order valence-electron chi connectivity index (χ4n) is 2.89. The molecule has 0 amide bonds. The van der Waals surface area contributed by atoms with E-state index in [0.717, 1.165) is 0 Å². The summed E-state index contributed by atoms with van der Waals surface area (Å²) in [4.78, 5) is 5.18. The molecule has 1 rings (SSSR count). The van der Waals surface area contributed by atoms with E-state index >= 15 is 0 Å². The van der Waals surface area contributed by atoms with Crippen LogP contribution in [0, 0.1) is 5.41 Å². The maximum Gasteiger partial charge on any atom is 0.0100 e. The van der Waals surface area contributed by atoms with Gasteiger partial charge in [0.2, 0.25) is 0 Å². The molecule has 0 N–H and O–H groups in total. The average molecular weight is 319 g/mol. The fraction of sp³-hybridized carbons (Fsp3) is 1.00. The number of hydrogen-bond acceptors (Lipinski definition) is 2. The normalized spacial score (nSPS) is 18.3. The van der Waals surface area contributed by atoms with Gasteiger partial charge in [0.25, 0.3) is 0 Å². The van der Waals surface area contributed by atoms with Crippen LogP contribution in [0.4, 0.5) is 0 Å². The summed E-state index contributed by atoms with van der Waals surface area (Å²) in [6, 6.07) is 0. The first-order chi connectivity index (χ1) is 8.69. The van der Waals surface area contributed by atoms with E-state index in [1.165, 1.54) is 70.3 Å².